The van der Waals surface area contributed by atoms with E-state index in [2.05, 4.69) is 10.0 Å². The zero-order valence-corrected chi connectivity index (χ0v) is 17.5. The number of hydrogen-bond donors (Lipinski definition) is 2. The number of halogens is 4. The van der Waals surface area contributed by atoms with E-state index >= 15 is 0 Å². The van der Waals surface area contributed by atoms with Gasteiger partial charge in [-0.15, -0.1) is 0 Å². The molecule has 10 heteroatoms. The molecule has 0 bridgehead atoms. The molecule has 0 saturated carbocycles. The van der Waals surface area contributed by atoms with Crippen molar-refractivity contribution < 1.29 is 17.6 Å². The molecular weight excluding hydrogens is 462 g/mol. The minimum Gasteiger partial charge on any atom is -0.322 e. The van der Waals surface area contributed by atoms with Crippen molar-refractivity contribution >= 4 is 62.1 Å². The molecule has 150 valence electrons. The second-order valence-corrected chi connectivity index (χ2v) is 8.83. The van der Waals surface area contributed by atoms with Crippen LogP contribution in [0.4, 0.5) is 15.8 Å². The minimum absolute atomic E-state index is 0.0522. The number of nitrogens with one attached hydrogen (secondary N) is 2. The van der Waals surface area contributed by atoms with E-state index in [-0.39, 0.29) is 21.2 Å². The largest absolute Gasteiger partial charge is 0.322 e. The number of anilines is 2. The van der Waals surface area contributed by atoms with Crippen molar-refractivity contribution in [2.45, 2.75) is 4.90 Å². The molecule has 2 N–H and O–H groups in total. The van der Waals surface area contributed by atoms with Crippen molar-refractivity contribution in [3.05, 3.63) is 87.1 Å². The monoisotopic (exact) mass is 472 g/mol. The maximum Gasteiger partial charge on any atom is 0.261 e. The summed E-state index contributed by atoms with van der Waals surface area (Å²) in [5.41, 5.74) is 0.423. The normalized spacial score (nSPS) is 11.2. The lowest BCUT2D eigenvalue weighted by Crippen LogP contribution is -2.16. The summed E-state index contributed by atoms with van der Waals surface area (Å²) in [6.45, 7) is 0. The maximum absolute atomic E-state index is 13.0. The molecule has 3 aromatic carbocycles. The molecule has 0 aliphatic heterocycles. The summed E-state index contributed by atoms with van der Waals surface area (Å²) < 4.78 is 40.5. The van der Waals surface area contributed by atoms with Crippen LogP contribution in [0.5, 0.6) is 0 Å². The fourth-order valence-electron chi connectivity index (χ4n) is 2.40. The van der Waals surface area contributed by atoms with Gasteiger partial charge in [-0.1, -0.05) is 34.8 Å². The van der Waals surface area contributed by atoms with Crippen molar-refractivity contribution in [1.82, 2.24) is 0 Å². The predicted molar refractivity (Wildman–Crippen MR) is 113 cm³/mol. The quantitative estimate of drug-likeness (QED) is 0.489. The van der Waals surface area contributed by atoms with Crippen LogP contribution in [0.25, 0.3) is 0 Å². The van der Waals surface area contributed by atoms with Gasteiger partial charge in [-0.2, -0.15) is 0 Å². The smallest absolute Gasteiger partial charge is 0.261 e. The van der Waals surface area contributed by atoms with E-state index in [4.69, 9.17) is 34.8 Å². The first-order valence-corrected chi connectivity index (χ1v) is 10.6. The third-order valence-electron chi connectivity index (χ3n) is 3.71. The highest BCUT2D eigenvalue weighted by Crippen LogP contribution is 2.26. The van der Waals surface area contributed by atoms with E-state index in [1.165, 1.54) is 42.5 Å². The van der Waals surface area contributed by atoms with Gasteiger partial charge in [0.2, 0.25) is 0 Å². The van der Waals surface area contributed by atoms with Crippen molar-refractivity contribution in [2.24, 2.45) is 0 Å². The average molecular weight is 474 g/mol. The van der Waals surface area contributed by atoms with E-state index < -0.39 is 21.7 Å². The van der Waals surface area contributed by atoms with Crippen molar-refractivity contribution in [2.75, 3.05) is 10.0 Å². The Balaban J connectivity index is 1.88. The molecule has 5 nitrogen and oxygen atoms in total. The Labute approximate surface area is 181 Å². The zero-order valence-electron chi connectivity index (χ0n) is 14.4. The number of rotatable bonds is 5. The molecule has 1 amide bonds. The summed E-state index contributed by atoms with van der Waals surface area (Å²) in [4.78, 5) is 12.4. The summed E-state index contributed by atoms with van der Waals surface area (Å²) in [6.07, 6.45) is 0. The standard InChI is InChI=1S/C19H12Cl3FN2O3S/c20-11-7-12(21)9-15(8-11)24-19(26)17-10-16(5-6-18(17)22)29(27,28)25-14-3-1-13(23)2-4-14/h1-10,25H,(H,24,26). The number of carbonyl (C=O) groups is 1. The Morgan fingerprint density at radius 3 is 2.07 bits per heavy atom. The fraction of sp³-hybridized carbons (Fsp3) is 0. The molecule has 29 heavy (non-hydrogen) atoms. The van der Waals surface area contributed by atoms with Crippen LogP contribution < -0.4 is 10.0 Å². The summed E-state index contributed by atoms with van der Waals surface area (Å²) in [5, 5.41) is 3.25. The van der Waals surface area contributed by atoms with Gasteiger partial charge in [-0.25, -0.2) is 12.8 Å². The number of sulfonamides is 1. The van der Waals surface area contributed by atoms with Crippen molar-refractivity contribution in [3.8, 4) is 0 Å². The van der Waals surface area contributed by atoms with Crippen molar-refractivity contribution in [3.63, 3.8) is 0 Å². The van der Waals surface area contributed by atoms with Gasteiger partial charge in [0.05, 0.1) is 15.5 Å². The number of hydrogen-bond acceptors (Lipinski definition) is 3. The van der Waals surface area contributed by atoms with Crippen LogP contribution in [0.2, 0.25) is 15.1 Å². The Morgan fingerprint density at radius 1 is 0.828 bits per heavy atom. The molecule has 0 aromatic heterocycles. The predicted octanol–water partition coefficient (Wildman–Crippen LogP) is 5.84. The molecule has 0 aliphatic rings. The summed E-state index contributed by atoms with van der Waals surface area (Å²) in [5.74, 6) is -1.15. The lowest BCUT2D eigenvalue weighted by atomic mass is 10.2. The zero-order chi connectivity index (χ0) is 21.2. The average Bonchev–Trinajstić information content (AvgIpc) is 2.62. The van der Waals surface area contributed by atoms with E-state index in [1.807, 2.05) is 0 Å². The highest BCUT2D eigenvalue weighted by Gasteiger charge is 2.19. The third kappa shape index (κ3) is 5.39. The lowest BCUT2D eigenvalue weighted by molar-refractivity contribution is 0.102. The molecular formula is C19H12Cl3FN2O3S. The van der Waals surface area contributed by atoms with E-state index in [1.54, 1.807) is 0 Å². The molecule has 0 unspecified atom stereocenters. The van der Waals surface area contributed by atoms with E-state index in [0.29, 0.717) is 15.7 Å². The first-order chi connectivity index (χ1) is 13.6. The summed E-state index contributed by atoms with van der Waals surface area (Å²) in [7, 11) is -4.04. The van der Waals surface area contributed by atoms with Gasteiger partial charge in [-0.05, 0) is 60.7 Å². The molecule has 0 aliphatic carbocycles. The van der Waals surface area contributed by atoms with Gasteiger partial charge >= 0.3 is 0 Å². The van der Waals surface area contributed by atoms with Crippen LogP contribution in [-0.2, 0) is 10.0 Å². The van der Waals surface area contributed by atoms with Gasteiger partial charge in [-0.3, -0.25) is 9.52 Å². The van der Waals surface area contributed by atoms with Crippen LogP contribution in [0.3, 0.4) is 0 Å². The molecule has 3 rings (SSSR count). The Bertz CT molecular complexity index is 1170. The summed E-state index contributed by atoms with van der Waals surface area (Å²) in [6, 6.07) is 12.9. The van der Waals surface area contributed by atoms with Crippen LogP contribution in [0, 0.1) is 5.82 Å². The number of carbonyl (C=O) groups excluding carboxylic acids is 1. The van der Waals surface area contributed by atoms with E-state index in [9.17, 15) is 17.6 Å². The van der Waals surface area contributed by atoms with E-state index in [0.717, 1.165) is 18.2 Å². The molecule has 0 spiro atoms. The van der Waals surface area contributed by atoms with Crippen LogP contribution in [0.15, 0.2) is 65.6 Å². The molecule has 3 aromatic rings. The highest BCUT2D eigenvalue weighted by atomic mass is 35.5. The van der Waals surface area contributed by atoms with Gasteiger partial charge in [0, 0.05) is 21.4 Å². The fourth-order valence-corrected chi connectivity index (χ4v) is 4.22. The Hall–Kier alpha value is -2.32. The van der Waals surface area contributed by atoms with Crippen LogP contribution in [-0.4, -0.2) is 14.3 Å². The van der Waals surface area contributed by atoms with Gasteiger partial charge in [0.15, 0.2) is 0 Å². The van der Waals surface area contributed by atoms with Gasteiger partial charge in [0.1, 0.15) is 5.82 Å². The highest BCUT2D eigenvalue weighted by molar-refractivity contribution is 7.92. The van der Waals surface area contributed by atoms with Gasteiger partial charge in [0.25, 0.3) is 15.9 Å². The van der Waals surface area contributed by atoms with Gasteiger partial charge < -0.3 is 5.32 Å². The van der Waals surface area contributed by atoms with Crippen LogP contribution >= 0.6 is 34.8 Å². The van der Waals surface area contributed by atoms with Crippen molar-refractivity contribution in [1.29, 1.82) is 0 Å². The molecule has 0 saturated heterocycles. The second kappa shape index (κ2) is 8.59. The maximum atomic E-state index is 13.0. The minimum atomic E-state index is -4.04. The third-order valence-corrected chi connectivity index (χ3v) is 5.85. The SMILES string of the molecule is O=C(Nc1cc(Cl)cc(Cl)c1)c1cc(S(=O)(=O)Nc2ccc(F)cc2)ccc1Cl. The summed E-state index contributed by atoms with van der Waals surface area (Å²) >= 11 is 17.9. The lowest BCUT2D eigenvalue weighted by Gasteiger charge is -2.11. The first-order valence-electron chi connectivity index (χ1n) is 7.99. The topological polar surface area (TPSA) is 75.3 Å². The molecule has 0 heterocycles. The molecule has 0 atom stereocenters. The number of benzene rings is 3. The molecule has 0 radical (unpaired) electrons. The second-order valence-electron chi connectivity index (χ2n) is 5.87. The number of amides is 1. The van der Waals surface area contributed by atoms with Crippen LogP contribution in [0.1, 0.15) is 10.4 Å². The first kappa shape index (κ1) is 21.4. The molecule has 0 fully saturated rings. The Kier molecular flexibility index (Phi) is 6.33. The Morgan fingerprint density at radius 2 is 1.45 bits per heavy atom.